The zero-order valence-electron chi connectivity index (χ0n) is 19.3. The lowest BCUT2D eigenvalue weighted by Crippen LogP contribution is -2.23. The molecule has 0 radical (unpaired) electrons. The molecule has 35 heavy (non-hydrogen) atoms. The van der Waals surface area contributed by atoms with Crippen molar-refractivity contribution >= 4 is 39.8 Å². The Labute approximate surface area is 217 Å². The van der Waals surface area contributed by atoms with E-state index in [2.05, 4.69) is 131 Å². The summed E-state index contributed by atoms with van der Waals surface area (Å²) in [6, 6.07) is 47.1. The zero-order valence-corrected chi connectivity index (χ0v) is 21.8. The lowest BCUT2D eigenvalue weighted by Gasteiger charge is -2.23. The summed E-state index contributed by atoms with van der Waals surface area (Å²) in [5, 5.41) is 4.10. The van der Waals surface area contributed by atoms with E-state index in [4.69, 9.17) is 4.74 Å². The Kier molecular flexibility index (Phi) is 7.73. The molecule has 0 saturated carbocycles. The molecule has 0 aliphatic rings. The van der Waals surface area contributed by atoms with Gasteiger partial charge in [0.1, 0.15) is 12.4 Å². The Balaban J connectivity index is 1.43. The highest BCUT2D eigenvalue weighted by molar-refractivity contribution is 9.10. The van der Waals surface area contributed by atoms with Crippen LogP contribution in [0.1, 0.15) is 16.7 Å². The van der Waals surface area contributed by atoms with Gasteiger partial charge in [-0.3, -0.25) is 0 Å². The van der Waals surface area contributed by atoms with Crippen molar-refractivity contribution in [2.45, 2.75) is 13.0 Å². The quantitative estimate of drug-likeness (QED) is 0.188. The first-order valence-electron chi connectivity index (χ1n) is 11.7. The van der Waals surface area contributed by atoms with Crippen LogP contribution in [0, 0.1) is 0 Å². The van der Waals surface area contributed by atoms with E-state index in [1.165, 1.54) is 32.6 Å². The lowest BCUT2D eigenvalue weighted by atomic mass is 10.0. The molecule has 0 aliphatic carbocycles. The standard InChI is InChI=1S/C32H26BrOP/c33-31-17-10-18-32(35(28-13-6-2-7-14-28)29-15-8-3-9-16-29)30(31)23-25-19-21-27(22-20-25)34-24-26-11-4-1-5-12-26/h1-22H,23-24H2. The Morgan fingerprint density at radius 1 is 0.543 bits per heavy atom. The molecule has 0 saturated heterocycles. The molecule has 0 N–H and O–H groups in total. The van der Waals surface area contributed by atoms with Crippen molar-refractivity contribution < 1.29 is 4.74 Å². The fourth-order valence-electron chi connectivity index (χ4n) is 4.16. The van der Waals surface area contributed by atoms with Gasteiger partial charge in [-0.15, -0.1) is 0 Å². The van der Waals surface area contributed by atoms with Gasteiger partial charge in [-0.1, -0.05) is 131 Å². The highest BCUT2D eigenvalue weighted by Gasteiger charge is 2.21. The van der Waals surface area contributed by atoms with Crippen molar-refractivity contribution in [3.63, 3.8) is 0 Å². The normalized spacial score (nSPS) is 10.9. The van der Waals surface area contributed by atoms with E-state index in [0.29, 0.717) is 6.61 Å². The molecule has 5 aromatic carbocycles. The molecule has 5 rings (SSSR count). The highest BCUT2D eigenvalue weighted by atomic mass is 79.9. The Bertz CT molecular complexity index is 1310. The number of benzene rings is 5. The highest BCUT2D eigenvalue weighted by Crippen LogP contribution is 2.36. The van der Waals surface area contributed by atoms with Gasteiger partial charge in [-0.2, -0.15) is 0 Å². The van der Waals surface area contributed by atoms with Crippen LogP contribution in [-0.4, -0.2) is 0 Å². The summed E-state index contributed by atoms with van der Waals surface area (Å²) in [5.41, 5.74) is 3.77. The van der Waals surface area contributed by atoms with Crippen LogP contribution in [0.2, 0.25) is 0 Å². The average molecular weight is 537 g/mol. The molecule has 0 atom stereocenters. The van der Waals surface area contributed by atoms with Crippen LogP contribution in [0.25, 0.3) is 0 Å². The fourth-order valence-corrected chi connectivity index (χ4v) is 7.32. The molecule has 0 spiro atoms. The molecule has 0 bridgehead atoms. The van der Waals surface area contributed by atoms with Crippen LogP contribution < -0.4 is 20.7 Å². The second-order valence-corrected chi connectivity index (χ2v) is 11.4. The summed E-state index contributed by atoms with van der Waals surface area (Å²) in [6.07, 6.45) is 0.855. The maximum atomic E-state index is 5.99. The molecule has 172 valence electrons. The van der Waals surface area contributed by atoms with Gasteiger partial charge < -0.3 is 4.74 Å². The molecule has 3 heteroatoms. The second kappa shape index (κ2) is 11.5. The minimum absolute atomic E-state index is 0.576. The van der Waals surface area contributed by atoms with E-state index in [0.717, 1.165) is 16.6 Å². The maximum Gasteiger partial charge on any atom is 0.119 e. The van der Waals surface area contributed by atoms with E-state index in [-0.39, 0.29) is 0 Å². The Hall–Kier alpha value is -3.19. The van der Waals surface area contributed by atoms with Crippen LogP contribution in [0.3, 0.4) is 0 Å². The molecule has 0 heterocycles. The van der Waals surface area contributed by atoms with Gasteiger partial charge in [0.15, 0.2) is 0 Å². The third kappa shape index (κ3) is 5.90. The minimum atomic E-state index is -0.672. The molecule has 1 nitrogen and oxygen atoms in total. The van der Waals surface area contributed by atoms with Crippen molar-refractivity contribution in [3.05, 3.63) is 155 Å². The molecule has 5 aromatic rings. The second-order valence-electron chi connectivity index (χ2n) is 8.34. The van der Waals surface area contributed by atoms with Gasteiger partial charge in [-0.25, -0.2) is 0 Å². The van der Waals surface area contributed by atoms with Crippen LogP contribution in [0.5, 0.6) is 5.75 Å². The molecule has 0 fully saturated rings. The van der Waals surface area contributed by atoms with E-state index < -0.39 is 7.92 Å². The van der Waals surface area contributed by atoms with Crippen LogP contribution in [0.15, 0.2) is 138 Å². The monoisotopic (exact) mass is 536 g/mol. The van der Waals surface area contributed by atoms with Crippen LogP contribution in [-0.2, 0) is 13.0 Å². The summed E-state index contributed by atoms with van der Waals surface area (Å²) < 4.78 is 7.14. The zero-order chi connectivity index (χ0) is 23.9. The first-order valence-corrected chi connectivity index (χ1v) is 13.8. The minimum Gasteiger partial charge on any atom is -0.489 e. The SMILES string of the molecule is Brc1cccc(P(c2ccccc2)c2ccccc2)c1Cc1ccc(OCc2ccccc2)cc1. The van der Waals surface area contributed by atoms with E-state index >= 15 is 0 Å². The summed E-state index contributed by atoms with van der Waals surface area (Å²) in [7, 11) is -0.672. The lowest BCUT2D eigenvalue weighted by molar-refractivity contribution is 0.306. The van der Waals surface area contributed by atoms with Crippen molar-refractivity contribution in [3.8, 4) is 5.75 Å². The Morgan fingerprint density at radius 2 is 1.11 bits per heavy atom. The van der Waals surface area contributed by atoms with Crippen molar-refractivity contribution in [1.82, 2.24) is 0 Å². The molecule has 0 unspecified atom stereocenters. The van der Waals surface area contributed by atoms with Gasteiger partial charge in [-0.05, 0) is 65.1 Å². The van der Waals surface area contributed by atoms with E-state index in [9.17, 15) is 0 Å². The molecule has 0 aromatic heterocycles. The van der Waals surface area contributed by atoms with Crippen LogP contribution in [0.4, 0.5) is 0 Å². The van der Waals surface area contributed by atoms with Crippen molar-refractivity contribution in [2.75, 3.05) is 0 Å². The smallest absolute Gasteiger partial charge is 0.119 e. The van der Waals surface area contributed by atoms with Crippen molar-refractivity contribution in [2.24, 2.45) is 0 Å². The molecular formula is C32H26BrOP. The number of rotatable bonds is 8. The molecule has 0 aliphatic heterocycles. The van der Waals surface area contributed by atoms with Gasteiger partial charge >= 0.3 is 0 Å². The summed E-state index contributed by atoms with van der Waals surface area (Å²) >= 11 is 3.87. The summed E-state index contributed by atoms with van der Waals surface area (Å²) in [5.74, 6) is 0.890. The molecular weight excluding hydrogens is 511 g/mol. The fraction of sp³-hybridized carbons (Fsp3) is 0.0625. The van der Waals surface area contributed by atoms with Crippen molar-refractivity contribution in [1.29, 1.82) is 0 Å². The topological polar surface area (TPSA) is 9.23 Å². The number of hydrogen-bond donors (Lipinski definition) is 0. The average Bonchev–Trinajstić information content (AvgIpc) is 2.92. The summed E-state index contributed by atoms with van der Waals surface area (Å²) in [6.45, 7) is 0.576. The van der Waals surface area contributed by atoms with E-state index in [1.54, 1.807) is 0 Å². The number of ether oxygens (including phenoxy) is 1. The predicted octanol–water partition coefficient (Wildman–Crippen LogP) is 7.38. The third-order valence-corrected chi connectivity index (χ3v) is 9.19. The van der Waals surface area contributed by atoms with Gasteiger partial charge in [0.05, 0.1) is 0 Å². The number of hydrogen-bond acceptors (Lipinski definition) is 1. The van der Waals surface area contributed by atoms with Crippen LogP contribution >= 0.6 is 23.9 Å². The summed E-state index contributed by atoms with van der Waals surface area (Å²) in [4.78, 5) is 0. The molecule has 0 amide bonds. The van der Waals surface area contributed by atoms with E-state index in [1.807, 2.05) is 18.2 Å². The predicted molar refractivity (Wildman–Crippen MR) is 153 cm³/mol. The van der Waals surface area contributed by atoms with Gasteiger partial charge in [0.2, 0.25) is 0 Å². The first kappa shape index (κ1) is 23.5. The maximum absolute atomic E-state index is 5.99. The van der Waals surface area contributed by atoms with Gasteiger partial charge in [0, 0.05) is 4.47 Å². The largest absolute Gasteiger partial charge is 0.489 e. The first-order chi connectivity index (χ1) is 17.3. The Morgan fingerprint density at radius 3 is 1.71 bits per heavy atom. The number of halogens is 1. The van der Waals surface area contributed by atoms with Gasteiger partial charge in [0.25, 0.3) is 0 Å². The third-order valence-electron chi connectivity index (χ3n) is 5.92.